The van der Waals surface area contributed by atoms with Gasteiger partial charge in [-0.25, -0.2) is 4.39 Å². The maximum Gasteiger partial charge on any atom is 0.258 e. The maximum atomic E-state index is 13.5. The summed E-state index contributed by atoms with van der Waals surface area (Å²) in [7, 11) is 1.61. The summed E-state index contributed by atoms with van der Waals surface area (Å²) in [5.41, 5.74) is 0.546. The highest BCUT2D eigenvalue weighted by Gasteiger charge is 2.15. The van der Waals surface area contributed by atoms with Gasteiger partial charge in [0.2, 0.25) is 0 Å². The van der Waals surface area contributed by atoms with Crippen LogP contribution >= 0.6 is 0 Å². The summed E-state index contributed by atoms with van der Waals surface area (Å²) >= 11 is 0. The Morgan fingerprint density at radius 2 is 2.00 bits per heavy atom. The lowest BCUT2D eigenvalue weighted by molar-refractivity contribution is 0.0954. The van der Waals surface area contributed by atoms with E-state index >= 15 is 0 Å². The molecule has 1 aromatic carbocycles. The van der Waals surface area contributed by atoms with Crippen molar-refractivity contribution < 1.29 is 23.1 Å². The molecular formula is C17H20FN3O4. The van der Waals surface area contributed by atoms with Crippen molar-refractivity contribution in [3.8, 4) is 0 Å². The number of hydrogen-bond acceptors (Lipinski definition) is 5. The third-order valence-corrected chi connectivity index (χ3v) is 3.33. The highest BCUT2D eigenvalue weighted by atomic mass is 19.1. The van der Waals surface area contributed by atoms with Gasteiger partial charge in [-0.15, -0.1) is 0 Å². The molecule has 0 aliphatic heterocycles. The van der Waals surface area contributed by atoms with Crippen molar-refractivity contribution in [1.82, 2.24) is 10.6 Å². The molecule has 2 rings (SSSR count). The van der Waals surface area contributed by atoms with Crippen LogP contribution in [0, 0.1) is 5.82 Å². The van der Waals surface area contributed by atoms with Crippen LogP contribution in [0.5, 0.6) is 0 Å². The number of hydrogen-bond donors (Lipinski definition) is 3. The van der Waals surface area contributed by atoms with Crippen LogP contribution in [0.2, 0.25) is 0 Å². The first-order valence-electron chi connectivity index (χ1n) is 7.72. The summed E-state index contributed by atoms with van der Waals surface area (Å²) in [6.45, 7) is 2.20. The van der Waals surface area contributed by atoms with Gasteiger partial charge in [-0.3, -0.25) is 9.59 Å². The zero-order chi connectivity index (χ0) is 18.1. The monoisotopic (exact) mass is 349 g/mol. The average molecular weight is 349 g/mol. The molecule has 3 N–H and O–H groups in total. The normalized spacial score (nSPS) is 10.5. The molecule has 134 valence electrons. The number of carbonyl (C=O) groups is 2. The topological polar surface area (TPSA) is 92.6 Å². The molecule has 0 fully saturated rings. The minimum Gasteiger partial charge on any atom is -0.472 e. The number of amides is 2. The van der Waals surface area contributed by atoms with E-state index in [2.05, 4.69) is 16.0 Å². The molecule has 7 nitrogen and oxygen atoms in total. The zero-order valence-corrected chi connectivity index (χ0v) is 13.8. The Morgan fingerprint density at radius 3 is 2.72 bits per heavy atom. The Bertz CT molecular complexity index is 704. The van der Waals surface area contributed by atoms with Crippen LogP contribution in [0.25, 0.3) is 0 Å². The van der Waals surface area contributed by atoms with Crippen molar-refractivity contribution >= 4 is 17.5 Å². The lowest BCUT2D eigenvalue weighted by Crippen LogP contribution is -2.33. The summed E-state index contributed by atoms with van der Waals surface area (Å²) in [6, 6.07) is 5.07. The molecule has 1 heterocycles. The average Bonchev–Trinajstić information content (AvgIpc) is 3.12. The van der Waals surface area contributed by atoms with E-state index in [1.54, 1.807) is 7.11 Å². The number of nitrogens with one attached hydrogen (secondary N) is 3. The molecule has 25 heavy (non-hydrogen) atoms. The SMILES string of the molecule is COCCNCCNC(=O)c1ccc(F)cc1NC(=O)c1ccoc1. The Kier molecular flexibility index (Phi) is 7.12. The standard InChI is InChI=1S/C17H20FN3O4/c1-24-9-7-19-5-6-20-17(23)14-3-2-13(18)10-15(14)21-16(22)12-4-8-25-11-12/h2-4,8,10-11,19H,5-7,9H2,1H3,(H,20,23)(H,21,22). The van der Waals surface area contributed by atoms with E-state index in [9.17, 15) is 14.0 Å². The van der Waals surface area contributed by atoms with Crippen molar-refractivity contribution in [2.45, 2.75) is 0 Å². The lowest BCUT2D eigenvalue weighted by Gasteiger charge is -2.11. The Labute approximate surface area is 144 Å². The van der Waals surface area contributed by atoms with Crippen LogP contribution in [-0.2, 0) is 4.74 Å². The fourth-order valence-corrected chi connectivity index (χ4v) is 2.06. The van der Waals surface area contributed by atoms with Gasteiger partial charge in [-0.2, -0.15) is 0 Å². The molecule has 0 bridgehead atoms. The van der Waals surface area contributed by atoms with Gasteiger partial charge in [-0.05, 0) is 24.3 Å². The summed E-state index contributed by atoms with van der Waals surface area (Å²) < 4.78 is 23.2. The van der Waals surface area contributed by atoms with E-state index in [0.29, 0.717) is 26.2 Å². The second-order valence-corrected chi connectivity index (χ2v) is 5.15. The number of rotatable bonds is 9. The molecule has 0 atom stereocenters. The van der Waals surface area contributed by atoms with Gasteiger partial charge in [0.25, 0.3) is 11.8 Å². The maximum absolute atomic E-state index is 13.5. The van der Waals surface area contributed by atoms with Crippen molar-refractivity contribution in [2.75, 3.05) is 38.7 Å². The third kappa shape index (κ3) is 5.70. The van der Waals surface area contributed by atoms with Crippen LogP contribution in [0.3, 0.4) is 0 Å². The first-order chi connectivity index (χ1) is 12.1. The molecule has 0 saturated heterocycles. The van der Waals surface area contributed by atoms with Crippen molar-refractivity contribution in [3.63, 3.8) is 0 Å². The van der Waals surface area contributed by atoms with E-state index in [4.69, 9.17) is 9.15 Å². The smallest absolute Gasteiger partial charge is 0.258 e. The van der Waals surface area contributed by atoms with Gasteiger partial charge in [0.15, 0.2) is 0 Å². The molecule has 1 aromatic heterocycles. The molecule has 2 amide bonds. The van der Waals surface area contributed by atoms with Gasteiger partial charge in [-0.1, -0.05) is 0 Å². The minimum atomic E-state index is -0.555. The third-order valence-electron chi connectivity index (χ3n) is 3.33. The molecular weight excluding hydrogens is 329 g/mol. The molecule has 0 aliphatic rings. The summed E-state index contributed by atoms with van der Waals surface area (Å²) in [4.78, 5) is 24.4. The number of carbonyl (C=O) groups excluding carboxylic acids is 2. The first kappa shape index (κ1) is 18.6. The van der Waals surface area contributed by atoms with Crippen LogP contribution in [-0.4, -0.2) is 45.2 Å². The molecule has 8 heteroatoms. The van der Waals surface area contributed by atoms with E-state index < -0.39 is 17.6 Å². The molecule has 0 aliphatic carbocycles. The zero-order valence-electron chi connectivity index (χ0n) is 13.8. The van der Waals surface area contributed by atoms with Crippen molar-refractivity contribution in [3.05, 3.63) is 53.7 Å². The lowest BCUT2D eigenvalue weighted by atomic mass is 10.1. The van der Waals surface area contributed by atoms with Gasteiger partial charge < -0.3 is 25.1 Å². The minimum absolute atomic E-state index is 0.0936. The predicted molar refractivity (Wildman–Crippen MR) is 90.1 cm³/mol. The molecule has 0 saturated carbocycles. The number of methoxy groups -OCH3 is 1. The number of anilines is 1. The van der Waals surface area contributed by atoms with Gasteiger partial charge in [0, 0.05) is 26.7 Å². The second kappa shape index (κ2) is 9.55. The molecule has 0 radical (unpaired) electrons. The summed E-state index contributed by atoms with van der Waals surface area (Å²) in [6.07, 6.45) is 2.62. The van der Waals surface area contributed by atoms with Crippen molar-refractivity contribution in [1.29, 1.82) is 0 Å². The highest BCUT2D eigenvalue weighted by molar-refractivity contribution is 6.08. The quantitative estimate of drug-likeness (QED) is 0.599. The van der Waals surface area contributed by atoms with Gasteiger partial charge in [0.05, 0.1) is 29.7 Å². The highest BCUT2D eigenvalue weighted by Crippen LogP contribution is 2.18. The molecule has 0 spiro atoms. The molecule has 0 unspecified atom stereocenters. The fraction of sp³-hybridized carbons (Fsp3) is 0.294. The number of furan rings is 1. The van der Waals surface area contributed by atoms with Crippen LogP contribution < -0.4 is 16.0 Å². The fourth-order valence-electron chi connectivity index (χ4n) is 2.06. The van der Waals surface area contributed by atoms with E-state index in [-0.39, 0.29) is 16.8 Å². The van der Waals surface area contributed by atoms with E-state index in [1.165, 1.54) is 30.7 Å². The number of benzene rings is 1. The molecule has 2 aromatic rings. The first-order valence-corrected chi connectivity index (χ1v) is 7.72. The number of halogens is 1. The van der Waals surface area contributed by atoms with Gasteiger partial charge >= 0.3 is 0 Å². The van der Waals surface area contributed by atoms with Crippen molar-refractivity contribution in [2.24, 2.45) is 0 Å². The second-order valence-electron chi connectivity index (χ2n) is 5.15. The van der Waals surface area contributed by atoms with Crippen LogP contribution in [0.4, 0.5) is 10.1 Å². The van der Waals surface area contributed by atoms with E-state index in [1.807, 2.05) is 0 Å². The number of ether oxygens (including phenoxy) is 1. The Hall–Kier alpha value is -2.71. The summed E-state index contributed by atoms with van der Waals surface area (Å²) in [5.74, 6) is -1.45. The largest absolute Gasteiger partial charge is 0.472 e. The van der Waals surface area contributed by atoms with Crippen LogP contribution in [0.1, 0.15) is 20.7 Å². The van der Waals surface area contributed by atoms with Crippen LogP contribution in [0.15, 0.2) is 41.2 Å². The Balaban J connectivity index is 1.97. The summed E-state index contributed by atoms with van der Waals surface area (Å²) in [5, 5.41) is 8.32. The predicted octanol–water partition coefficient (Wildman–Crippen LogP) is 1.64. The Morgan fingerprint density at radius 1 is 1.16 bits per heavy atom. The van der Waals surface area contributed by atoms with E-state index in [0.717, 1.165) is 6.07 Å². The van der Waals surface area contributed by atoms with Gasteiger partial charge in [0.1, 0.15) is 12.1 Å².